The van der Waals surface area contributed by atoms with E-state index in [1.165, 1.54) is 23.5 Å². The third-order valence-corrected chi connectivity index (χ3v) is 7.23. The van der Waals surface area contributed by atoms with Crippen molar-refractivity contribution in [1.29, 1.82) is 0 Å². The maximum absolute atomic E-state index is 12.6. The summed E-state index contributed by atoms with van der Waals surface area (Å²) >= 11 is 1.30. The van der Waals surface area contributed by atoms with Crippen molar-refractivity contribution in [3.05, 3.63) is 48.2 Å². The molecule has 2 aliphatic heterocycles. The number of carbonyl (C=O) groups is 1. The molecule has 39 heavy (non-hydrogen) atoms. The van der Waals surface area contributed by atoms with Crippen LogP contribution in [0.25, 0.3) is 0 Å². The number of nitrogens with zero attached hydrogens (tertiary/aromatic N) is 7. The quantitative estimate of drug-likeness (QED) is 0.403. The molecule has 1 amide bonds. The lowest BCUT2D eigenvalue weighted by molar-refractivity contribution is -0.274. The van der Waals surface area contributed by atoms with Crippen molar-refractivity contribution in [2.75, 3.05) is 61.3 Å². The highest BCUT2D eigenvalue weighted by Crippen LogP contribution is 2.25. The van der Waals surface area contributed by atoms with Gasteiger partial charge in [-0.1, -0.05) is 23.5 Å². The van der Waals surface area contributed by atoms with Gasteiger partial charge in [0.15, 0.2) is 5.82 Å². The number of halogens is 3. The molecule has 1 atom stereocenters. The second-order valence-electron chi connectivity index (χ2n) is 9.36. The summed E-state index contributed by atoms with van der Waals surface area (Å²) in [5, 5.41) is 23.7. The predicted molar refractivity (Wildman–Crippen MR) is 140 cm³/mol. The number of hydrogen-bond donors (Lipinski definition) is 2. The van der Waals surface area contributed by atoms with Gasteiger partial charge in [-0.15, -0.1) is 28.5 Å². The molecular weight excluding hydrogens is 535 g/mol. The predicted octanol–water partition coefficient (Wildman–Crippen LogP) is 2.67. The molecule has 15 heteroatoms. The highest BCUT2D eigenvalue weighted by Gasteiger charge is 2.31. The van der Waals surface area contributed by atoms with E-state index in [9.17, 15) is 18.0 Å². The second kappa shape index (κ2) is 12.1. The molecule has 208 valence electrons. The van der Waals surface area contributed by atoms with E-state index >= 15 is 0 Å². The summed E-state index contributed by atoms with van der Waals surface area (Å²) in [6.45, 7) is 5.41. The first-order valence-corrected chi connectivity index (χ1v) is 13.3. The van der Waals surface area contributed by atoms with Gasteiger partial charge in [-0.05, 0) is 36.2 Å². The summed E-state index contributed by atoms with van der Waals surface area (Å²) in [7, 11) is 0. The first-order chi connectivity index (χ1) is 18.8. The van der Waals surface area contributed by atoms with Crippen LogP contribution in [0.2, 0.25) is 0 Å². The zero-order valence-corrected chi connectivity index (χ0v) is 21.8. The zero-order chi connectivity index (χ0) is 27.2. The third-order valence-electron chi connectivity index (χ3n) is 6.46. The van der Waals surface area contributed by atoms with Crippen LogP contribution in [0.3, 0.4) is 0 Å². The average molecular weight is 564 g/mol. The fraction of sp³-hybridized carbons (Fsp3) is 0.458. The number of rotatable bonds is 9. The van der Waals surface area contributed by atoms with Crippen LogP contribution in [-0.2, 0) is 11.3 Å². The van der Waals surface area contributed by atoms with Crippen LogP contribution < -0.4 is 20.3 Å². The molecule has 11 nitrogen and oxygen atoms in total. The lowest BCUT2D eigenvalue weighted by atomic mass is 10.2. The Balaban J connectivity index is 1.01. The molecule has 2 N–H and O–H groups in total. The molecule has 0 bridgehead atoms. The van der Waals surface area contributed by atoms with Crippen LogP contribution >= 0.6 is 11.3 Å². The van der Waals surface area contributed by atoms with E-state index in [0.717, 1.165) is 44.0 Å². The fourth-order valence-corrected chi connectivity index (χ4v) is 5.31. The van der Waals surface area contributed by atoms with Crippen molar-refractivity contribution in [3.8, 4) is 5.75 Å². The third kappa shape index (κ3) is 7.97. The Hall–Kier alpha value is -3.56. The molecule has 2 aromatic heterocycles. The van der Waals surface area contributed by atoms with Crippen molar-refractivity contribution >= 4 is 33.3 Å². The first kappa shape index (κ1) is 27.0. The van der Waals surface area contributed by atoms with Crippen LogP contribution in [-0.4, -0.2) is 94.3 Å². The average Bonchev–Trinajstić information content (AvgIpc) is 3.56. The van der Waals surface area contributed by atoms with E-state index in [0.29, 0.717) is 29.9 Å². The van der Waals surface area contributed by atoms with Gasteiger partial charge in [-0.3, -0.25) is 19.9 Å². The largest absolute Gasteiger partial charge is 0.573 e. The van der Waals surface area contributed by atoms with E-state index < -0.39 is 6.36 Å². The molecule has 0 spiro atoms. The smallest absolute Gasteiger partial charge is 0.406 e. The molecule has 2 saturated heterocycles. The van der Waals surface area contributed by atoms with E-state index in [-0.39, 0.29) is 24.2 Å². The van der Waals surface area contributed by atoms with Gasteiger partial charge >= 0.3 is 6.36 Å². The summed E-state index contributed by atoms with van der Waals surface area (Å²) in [5.74, 6) is 0.464. The van der Waals surface area contributed by atoms with Gasteiger partial charge in [0.2, 0.25) is 16.2 Å². The summed E-state index contributed by atoms with van der Waals surface area (Å²) in [5.41, 5.74) is 0.899. The van der Waals surface area contributed by atoms with E-state index in [1.807, 2.05) is 12.1 Å². The van der Waals surface area contributed by atoms with Crippen LogP contribution in [0.1, 0.15) is 12.0 Å². The number of hydrogen-bond acceptors (Lipinski definition) is 11. The van der Waals surface area contributed by atoms with Gasteiger partial charge in [-0.25, -0.2) is 0 Å². The number of ether oxygens (including phenoxy) is 1. The Morgan fingerprint density at radius 3 is 2.46 bits per heavy atom. The number of alkyl halides is 3. The number of amides is 1. The van der Waals surface area contributed by atoms with Crippen molar-refractivity contribution < 1.29 is 22.7 Å². The van der Waals surface area contributed by atoms with Crippen LogP contribution in [0.4, 0.5) is 29.3 Å². The Labute approximate surface area is 227 Å². The molecule has 0 unspecified atom stereocenters. The SMILES string of the molecule is O=C(CN1CCN(Cc2ccc(OC(F)(F)F)cc2)CC1)Nc1nnc(N[C@@H]2CCN(c3cccnn3)C2)s1. The molecule has 3 aromatic rings. The maximum Gasteiger partial charge on any atom is 0.573 e. The first-order valence-electron chi connectivity index (χ1n) is 12.5. The molecule has 1 aromatic carbocycles. The van der Waals surface area contributed by atoms with Crippen molar-refractivity contribution in [2.24, 2.45) is 0 Å². The normalized spacial score (nSPS) is 18.7. The Morgan fingerprint density at radius 2 is 1.74 bits per heavy atom. The Bertz CT molecular complexity index is 1220. The summed E-state index contributed by atoms with van der Waals surface area (Å²) in [4.78, 5) is 19.0. The summed E-state index contributed by atoms with van der Waals surface area (Å²) in [6, 6.07) is 9.91. The lowest BCUT2D eigenvalue weighted by Gasteiger charge is -2.34. The van der Waals surface area contributed by atoms with E-state index in [4.69, 9.17) is 0 Å². The summed E-state index contributed by atoms with van der Waals surface area (Å²) in [6.07, 6.45) is -2.11. The van der Waals surface area contributed by atoms with E-state index in [1.54, 1.807) is 18.3 Å². The van der Waals surface area contributed by atoms with Gasteiger partial charge in [0.25, 0.3) is 0 Å². The molecule has 0 saturated carbocycles. The van der Waals surface area contributed by atoms with Crippen molar-refractivity contribution in [2.45, 2.75) is 25.4 Å². The zero-order valence-electron chi connectivity index (χ0n) is 21.0. The number of carbonyl (C=O) groups excluding carboxylic acids is 1. The second-order valence-corrected chi connectivity index (χ2v) is 10.3. The topological polar surface area (TPSA) is 112 Å². The Morgan fingerprint density at radius 1 is 1.00 bits per heavy atom. The van der Waals surface area contributed by atoms with Gasteiger partial charge in [-0.2, -0.15) is 5.10 Å². The molecular formula is C24H28F3N9O2S. The fourth-order valence-electron chi connectivity index (χ4n) is 4.58. The number of piperazine rings is 1. The van der Waals surface area contributed by atoms with Crippen molar-refractivity contribution in [1.82, 2.24) is 30.2 Å². The molecule has 0 aliphatic carbocycles. The number of aromatic nitrogens is 4. The molecule has 2 aliphatic rings. The van der Waals surface area contributed by atoms with E-state index in [2.05, 4.69) is 50.5 Å². The highest BCUT2D eigenvalue weighted by atomic mass is 32.1. The minimum absolute atomic E-state index is 0.152. The monoisotopic (exact) mass is 563 g/mol. The van der Waals surface area contributed by atoms with Gasteiger partial charge in [0.05, 0.1) is 6.54 Å². The minimum Gasteiger partial charge on any atom is -0.406 e. The van der Waals surface area contributed by atoms with Crippen LogP contribution in [0.5, 0.6) is 5.75 Å². The highest BCUT2D eigenvalue weighted by molar-refractivity contribution is 7.19. The van der Waals surface area contributed by atoms with Crippen LogP contribution in [0.15, 0.2) is 42.6 Å². The van der Waals surface area contributed by atoms with Crippen LogP contribution in [0, 0.1) is 0 Å². The summed E-state index contributed by atoms with van der Waals surface area (Å²) < 4.78 is 40.9. The maximum atomic E-state index is 12.6. The van der Waals surface area contributed by atoms with Gasteiger partial charge in [0.1, 0.15) is 5.75 Å². The Kier molecular flexibility index (Phi) is 8.38. The molecule has 5 rings (SSSR count). The van der Waals surface area contributed by atoms with Gasteiger partial charge in [0, 0.05) is 58.1 Å². The number of anilines is 3. The lowest BCUT2D eigenvalue weighted by Crippen LogP contribution is -2.48. The number of nitrogens with one attached hydrogen (secondary N) is 2. The molecule has 4 heterocycles. The standard InChI is InChI=1S/C24H28F3N9O2S/c25-24(26,27)38-19-5-3-17(4-6-19)14-34-10-12-35(13-11-34)16-21(37)30-23-33-32-22(39-23)29-18-7-9-36(15-18)20-2-1-8-28-31-20/h1-6,8,18H,7,9-16H2,(H,29,32)(H,30,33,37)/t18-/m1/s1. The van der Waals surface area contributed by atoms with Gasteiger partial charge < -0.3 is 15.0 Å². The molecule has 0 radical (unpaired) electrons. The number of benzene rings is 1. The van der Waals surface area contributed by atoms with Crippen molar-refractivity contribution in [3.63, 3.8) is 0 Å². The molecule has 2 fully saturated rings. The minimum atomic E-state index is -4.70.